The van der Waals surface area contributed by atoms with Gasteiger partial charge in [-0.3, -0.25) is 24.1 Å². The molecule has 4 unspecified atom stereocenters. The number of rotatable bonds is 6. The summed E-state index contributed by atoms with van der Waals surface area (Å²) in [6.07, 6.45) is 0.796. The maximum Gasteiger partial charge on any atom is 0.305 e. The quantitative estimate of drug-likeness (QED) is 0.187. The second-order valence-electron chi connectivity index (χ2n) is 12.9. The van der Waals surface area contributed by atoms with E-state index in [2.05, 4.69) is 10.3 Å². The monoisotopic (exact) mass is 693 g/mol. The molecule has 8 nitrogen and oxygen atoms in total. The van der Waals surface area contributed by atoms with Gasteiger partial charge in [0.2, 0.25) is 11.8 Å². The number of aromatic amines is 1. The van der Waals surface area contributed by atoms with Crippen molar-refractivity contribution in [3.8, 4) is 5.75 Å². The second-order valence-corrected chi connectivity index (χ2v) is 15.6. The lowest BCUT2D eigenvalue weighted by atomic mass is 9.68. The third-order valence-corrected chi connectivity index (χ3v) is 13.3. The highest BCUT2D eigenvalue weighted by molar-refractivity contribution is 8.00. The van der Waals surface area contributed by atoms with Crippen LogP contribution in [0.25, 0.3) is 10.8 Å². The molecule has 240 valence electrons. The Morgan fingerprint density at radius 1 is 0.896 bits per heavy atom. The van der Waals surface area contributed by atoms with Crippen LogP contribution in [0.1, 0.15) is 22.8 Å². The minimum Gasteiger partial charge on any atom is -0.484 e. The van der Waals surface area contributed by atoms with Crippen LogP contribution >= 0.6 is 34.7 Å². The molecule has 2 aliphatic carbocycles. The van der Waals surface area contributed by atoms with E-state index in [0.717, 1.165) is 32.7 Å². The number of hydrogen-bond donors (Lipinski definition) is 2. The number of amides is 3. The molecule has 7 atom stereocenters. The van der Waals surface area contributed by atoms with Crippen molar-refractivity contribution >= 4 is 74.6 Å². The van der Waals surface area contributed by atoms with Crippen LogP contribution < -0.4 is 19.8 Å². The van der Waals surface area contributed by atoms with Crippen molar-refractivity contribution in [3.05, 3.63) is 116 Å². The molecule has 5 aromatic rings. The number of anilines is 2. The first-order chi connectivity index (χ1) is 23.3. The first-order valence-electron chi connectivity index (χ1n) is 15.9. The number of nitrogens with one attached hydrogen (secondary N) is 2. The maximum absolute atomic E-state index is 14.0. The van der Waals surface area contributed by atoms with Crippen LogP contribution in [0.4, 0.5) is 11.4 Å². The van der Waals surface area contributed by atoms with E-state index in [4.69, 9.17) is 16.3 Å². The minimum absolute atomic E-state index is 0.0148. The van der Waals surface area contributed by atoms with E-state index in [1.54, 1.807) is 36.0 Å². The highest BCUT2D eigenvalue weighted by Gasteiger charge is 2.69. The molecule has 3 fully saturated rings. The van der Waals surface area contributed by atoms with Gasteiger partial charge in [0.15, 0.2) is 6.61 Å². The smallest absolute Gasteiger partial charge is 0.305 e. The minimum atomic E-state index is -0.405. The van der Waals surface area contributed by atoms with Gasteiger partial charge in [-0.15, -0.1) is 11.8 Å². The van der Waals surface area contributed by atoms with Crippen LogP contribution in [0.5, 0.6) is 5.75 Å². The number of fused-ring (bicyclic) bond motifs is 10. The van der Waals surface area contributed by atoms with Gasteiger partial charge in [0.05, 0.1) is 22.5 Å². The predicted octanol–water partition coefficient (Wildman–Crippen LogP) is 6.94. The lowest BCUT2D eigenvalue weighted by molar-refractivity contribution is -0.123. The number of aromatic nitrogens is 1. The Morgan fingerprint density at radius 3 is 2.48 bits per heavy atom. The van der Waals surface area contributed by atoms with Gasteiger partial charge in [0.25, 0.3) is 5.91 Å². The number of nitrogens with zero attached hydrogens (tertiary/aromatic N) is 1. The number of ether oxygens (including phenoxy) is 1. The van der Waals surface area contributed by atoms with Gasteiger partial charge in [-0.25, -0.2) is 0 Å². The molecule has 4 aromatic carbocycles. The van der Waals surface area contributed by atoms with Crippen molar-refractivity contribution in [1.29, 1.82) is 0 Å². The Morgan fingerprint density at radius 2 is 1.67 bits per heavy atom. The fraction of sp³-hybridized carbons (Fsp3) is 0.243. The second kappa shape index (κ2) is 11.4. The van der Waals surface area contributed by atoms with Crippen LogP contribution in [0.15, 0.2) is 101 Å². The predicted molar refractivity (Wildman–Crippen MR) is 187 cm³/mol. The van der Waals surface area contributed by atoms with Gasteiger partial charge in [-0.05, 0) is 89.0 Å². The number of thioether (sulfide) groups is 1. The lowest BCUT2D eigenvalue weighted by Gasteiger charge is -2.43. The zero-order valence-corrected chi connectivity index (χ0v) is 27.7. The number of hydrogen-bond acceptors (Lipinski definition) is 7. The van der Waals surface area contributed by atoms with E-state index in [0.29, 0.717) is 22.1 Å². The summed E-state index contributed by atoms with van der Waals surface area (Å²) in [5.74, 6) is -0.912. The Balaban J connectivity index is 0.987. The fourth-order valence-corrected chi connectivity index (χ4v) is 11.7. The third kappa shape index (κ3) is 4.72. The number of imide groups is 1. The average molecular weight is 694 g/mol. The van der Waals surface area contributed by atoms with E-state index >= 15 is 0 Å². The van der Waals surface area contributed by atoms with Gasteiger partial charge < -0.3 is 15.0 Å². The zero-order chi connectivity index (χ0) is 32.7. The largest absolute Gasteiger partial charge is 0.484 e. The first-order valence-corrected chi connectivity index (χ1v) is 18.0. The molecule has 2 saturated carbocycles. The molecule has 4 aliphatic rings. The van der Waals surface area contributed by atoms with Gasteiger partial charge in [0, 0.05) is 26.8 Å². The maximum atomic E-state index is 14.0. The molecule has 0 radical (unpaired) electrons. The van der Waals surface area contributed by atoms with E-state index in [1.807, 2.05) is 66.7 Å². The van der Waals surface area contributed by atoms with Gasteiger partial charge in [-0.2, -0.15) is 0 Å². The van der Waals surface area contributed by atoms with Crippen molar-refractivity contribution in [2.24, 2.45) is 29.6 Å². The Labute approximate surface area is 288 Å². The molecule has 1 aromatic heterocycles. The first kappa shape index (κ1) is 29.7. The topological polar surface area (TPSA) is 109 Å². The fourth-order valence-electron chi connectivity index (χ4n) is 8.65. The summed E-state index contributed by atoms with van der Waals surface area (Å²) in [6, 6.07) is 28.3. The Hall–Kier alpha value is -4.38. The molecule has 1 saturated heterocycles. The SMILES string of the molecule is O=C(COc1cccc([C@H]2c3sc(=O)[nH]c3SC3C2[C@H]2C[C@@H]3C3C(=O)N(c4ccc(Cl)cc4)C(=O)C32)c1)Nc1ccc2ccccc2c1. The molecule has 3 amide bonds. The van der Waals surface area contributed by atoms with Crippen LogP contribution in [0, 0.1) is 29.6 Å². The van der Waals surface area contributed by atoms with Gasteiger partial charge in [-0.1, -0.05) is 65.4 Å². The molecule has 3 heterocycles. The molecule has 2 N–H and O–H groups in total. The lowest BCUT2D eigenvalue weighted by Crippen LogP contribution is -2.42. The summed E-state index contributed by atoms with van der Waals surface area (Å²) < 4.78 is 6.00. The van der Waals surface area contributed by atoms with Crippen molar-refractivity contribution < 1.29 is 19.1 Å². The van der Waals surface area contributed by atoms with E-state index < -0.39 is 5.92 Å². The van der Waals surface area contributed by atoms with Crippen LogP contribution in [0.3, 0.4) is 0 Å². The number of carbonyl (C=O) groups is 3. The summed E-state index contributed by atoms with van der Waals surface area (Å²) in [6.45, 7) is -0.169. The van der Waals surface area contributed by atoms with E-state index in [-0.39, 0.29) is 64.0 Å². The van der Waals surface area contributed by atoms with Crippen molar-refractivity contribution in [2.75, 3.05) is 16.8 Å². The van der Waals surface area contributed by atoms with Crippen molar-refractivity contribution in [1.82, 2.24) is 4.98 Å². The Kier molecular flexibility index (Phi) is 7.04. The highest BCUT2D eigenvalue weighted by atomic mass is 35.5. The highest BCUT2D eigenvalue weighted by Crippen LogP contribution is 2.68. The molecule has 0 spiro atoms. The van der Waals surface area contributed by atoms with E-state index in [9.17, 15) is 19.2 Å². The zero-order valence-electron chi connectivity index (χ0n) is 25.3. The molecule has 2 aliphatic heterocycles. The Bertz CT molecular complexity index is 2200. The molecule has 9 rings (SSSR count). The van der Waals surface area contributed by atoms with Crippen LogP contribution in [-0.2, 0) is 14.4 Å². The summed E-state index contributed by atoms with van der Waals surface area (Å²) >= 11 is 8.96. The van der Waals surface area contributed by atoms with Gasteiger partial charge >= 0.3 is 4.87 Å². The summed E-state index contributed by atoms with van der Waals surface area (Å²) in [7, 11) is 0. The number of halogens is 1. The number of benzene rings is 4. The normalized spacial score (nSPS) is 26.8. The van der Waals surface area contributed by atoms with Crippen molar-refractivity contribution in [3.63, 3.8) is 0 Å². The number of carbonyl (C=O) groups excluding carboxylic acids is 3. The third-order valence-electron chi connectivity index (χ3n) is 10.4. The van der Waals surface area contributed by atoms with Crippen molar-refractivity contribution in [2.45, 2.75) is 22.6 Å². The standard InChI is InChI=1S/C37H28ClN3O5S2/c38-21-9-12-23(13-10-21)41-35(43)30-25-16-26(31(30)36(41)44)32-29(25)28(33-34(47-32)40-37(45)48-33)20-6-3-7-24(15-20)46-17-27(42)39-22-11-8-18-4-1-2-5-19(18)14-22/h1-15,25-26,28-32H,16-17H2,(H,39,42)(H,40,45)/t25-,26-,28-,29?,30?,31?,32?/m1/s1. The average Bonchev–Trinajstić information content (AvgIpc) is 3.83. The van der Waals surface area contributed by atoms with Crippen LogP contribution in [-0.4, -0.2) is 34.6 Å². The number of H-pyrrole nitrogens is 1. The summed E-state index contributed by atoms with van der Waals surface area (Å²) in [5, 5.41) is 6.50. The molecule has 48 heavy (non-hydrogen) atoms. The summed E-state index contributed by atoms with van der Waals surface area (Å²) in [5.41, 5.74) is 2.21. The van der Waals surface area contributed by atoms with Gasteiger partial charge in [0.1, 0.15) is 5.75 Å². The summed E-state index contributed by atoms with van der Waals surface area (Å²) in [4.78, 5) is 58.6. The molecule has 11 heteroatoms. The number of thiazole rings is 1. The van der Waals surface area contributed by atoms with Crippen LogP contribution in [0.2, 0.25) is 5.02 Å². The molecular weight excluding hydrogens is 666 g/mol. The molecular formula is C37H28ClN3O5S2. The van der Waals surface area contributed by atoms with E-state index in [1.165, 1.54) is 16.2 Å². The molecule has 2 bridgehead atoms.